The van der Waals surface area contributed by atoms with E-state index in [4.69, 9.17) is 13.0 Å². The molecule has 0 atom stereocenters. The summed E-state index contributed by atoms with van der Waals surface area (Å²) in [6.07, 6.45) is 2.23. The summed E-state index contributed by atoms with van der Waals surface area (Å²) in [6, 6.07) is 17.1. The Balaban J connectivity index is 0.000000279. The van der Waals surface area contributed by atoms with E-state index in [0.717, 1.165) is 13.1 Å². The van der Waals surface area contributed by atoms with Crippen molar-refractivity contribution in [3.05, 3.63) is 59.7 Å². The third-order valence-electron chi connectivity index (χ3n) is 3.99. The lowest BCUT2D eigenvalue weighted by atomic mass is 10.2. The molecule has 146 valence electrons. The van der Waals surface area contributed by atoms with Gasteiger partial charge in [0.1, 0.15) is 24.5 Å². The number of halogens is 3. The SMILES string of the molecule is Cc1ccccc1N1C=[N+](c2ccccc2C)CC1.O=S(=O)([O-])C(F)(F)F. The van der Waals surface area contributed by atoms with Crippen molar-refractivity contribution in [3.8, 4) is 0 Å². The van der Waals surface area contributed by atoms with E-state index >= 15 is 0 Å². The molecule has 0 N–H and O–H groups in total. The number of aryl methyl sites for hydroxylation is 2. The van der Waals surface area contributed by atoms with E-state index in [-0.39, 0.29) is 0 Å². The Labute approximate surface area is 156 Å². The highest BCUT2D eigenvalue weighted by Crippen LogP contribution is 2.23. The first-order valence-corrected chi connectivity index (χ1v) is 9.43. The summed E-state index contributed by atoms with van der Waals surface area (Å²) in [5, 5.41) is 0. The van der Waals surface area contributed by atoms with Gasteiger partial charge in [-0.1, -0.05) is 36.4 Å². The van der Waals surface area contributed by atoms with Crippen LogP contribution in [0, 0.1) is 13.8 Å². The van der Waals surface area contributed by atoms with Crippen LogP contribution in [0.3, 0.4) is 0 Å². The molecule has 2 aromatic carbocycles. The standard InChI is InChI=1S/C17H19N2.CHF3O3S/c1-14-7-3-5-9-16(14)18-11-12-19(13-18)17-10-6-4-8-15(17)2;2-1(3,4)8(5,6)7/h3-10,13H,11-12H2,1-2H3;(H,5,6,7)/q+1;/p-1. The van der Waals surface area contributed by atoms with E-state index in [2.05, 4.69) is 78.2 Å². The molecule has 1 heterocycles. The molecule has 0 fully saturated rings. The summed E-state index contributed by atoms with van der Waals surface area (Å²) in [4.78, 5) is 2.34. The molecular formula is C18H19F3N2O3S. The van der Waals surface area contributed by atoms with Crippen molar-refractivity contribution in [3.63, 3.8) is 0 Å². The molecule has 0 aliphatic carbocycles. The molecule has 0 amide bonds. The molecule has 0 unspecified atom stereocenters. The molecule has 1 aliphatic rings. The first-order valence-electron chi connectivity index (χ1n) is 8.02. The number of anilines is 1. The number of hydrogen-bond acceptors (Lipinski definition) is 4. The highest BCUT2D eigenvalue weighted by molar-refractivity contribution is 7.86. The van der Waals surface area contributed by atoms with Crippen LogP contribution in [0.15, 0.2) is 48.5 Å². The first-order chi connectivity index (χ1) is 12.5. The van der Waals surface area contributed by atoms with Gasteiger partial charge in [-0.05, 0) is 37.1 Å². The highest BCUT2D eigenvalue weighted by Gasteiger charge is 2.36. The Morgan fingerprint density at radius 1 is 1.00 bits per heavy atom. The Morgan fingerprint density at radius 3 is 2.04 bits per heavy atom. The fraction of sp³-hybridized carbons (Fsp3) is 0.278. The van der Waals surface area contributed by atoms with Gasteiger partial charge < -0.3 is 4.55 Å². The molecule has 0 saturated heterocycles. The van der Waals surface area contributed by atoms with Crippen molar-refractivity contribution in [2.75, 3.05) is 18.0 Å². The van der Waals surface area contributed by atoms with Crippen molar-refractivity contribution in [1.29, 1.82) is 0 Å². The molecule has 9 heteroatoms. The van der Waals surface area contributed by atoms with Gasteiger partial charge in [0.25, 0.3) is 0 Å². The minimum absolute atomic E-state index is 1.04. The summed E-state index contributed by atoms with van der Waals surface area (Å²) in [5.41, 5.74) is -0.388. The molecule has 0 radical (unpaired) electrons. The maximum absolute atomic E-state index is 10.7. The molecule has 0 spiro atoms. The summed E-state index contributed by atoms with van der Waals surface area (Å²) < 4.78 is 61.2. The van der Waals surface area contributed by atoms with Crippen LogP contribution in [0.1, 0.15) is 11.1 Å². The van der Waals surface area contributed by atoms with E-state index < -0.39 is 15.6 Å². The molecule has 27 heavy (non-hydrogen) atoms. The smallest absolute Gasteiger partial charge is 0.485 e. The lowest BCUT2D eigenvalue weighted by molar-refractivity contribution is -0.424. The number of para-hydroxylation sites is 2. The monoisotopic (exact) mass is 400 g/mol. The van der Waals surface area contributed by atoms with Crippen LogP contribution in [-0.4, -0.2) is 42.5 Å². The lowest BCUT2D eigenvalue weighted by Gasteiger charge is -2.08. The van der Waals surface area contributed by atoms with Gasteiger partial charge in [0.05, 0.1) is 0 Å². The molecule has 3 rings (SSSR count). The molecule has 0 aromatic heterocycles. The topological polar surface area (TPSA) is 63.5 Å². The maximum Gasteiger partial charge on any atom is 0.485 e. The summed E-state index contributed by atoms with van der Waals surface area (Å²) >= 11 is 0. The fourth-order valence-corrected chi connectivity index (χ4v) is 2.64. The van der Waals surface area contributed by atoms with Gasteiger partial charge in [0.15, 0.2) is 10.1 Å². The van der Waals surface area contributed by atoms with Crippen LogP contribution in [0.2, 0.25) is 0 Å². The van der Waals surface area contributed by atoms with Crippen LogP contribution in [0.25, 0.3) is 0 Å². The Hall–Kier alpha value is -2.39. The normalized spacial score (nSPS) is 14.4. The minimum Gasteiger partial charge on any atom is -0.741 e. The lowest BCUT2D eigenvalue weighted by Crippen LogP contribution is -2.21. The number of nitrogens with zero attached hydrogens (tertiary/aromatic N) is 2. The van der Waals surface area contributed by atoms with Gasteiger partial charge in [0, 0.05) is 0 Å². The summed E-state index contributed by atoms with van der Waals surface area (Å²) in [5.74, 6) is 0. The second-order valence-corrected chi connectivity index (χ2v) is 7.35. The molecule has 1 aliphatic heterocycles. The molecule has 0 bridgehead atoms. The zero-order valence-electron chi connectivity index (χ0n) is 14.8. The summed E-state index contributed by atoms with van der Waals surface area (Å²) in [7, 11) is -6.09. The Morgan fingerprint density at radius 2 is 1.52 bits per heavy atom. The average molecular weight is 400 g/mol. The van der Waals surface area contributed by atoms with Crippen LogP contribution < -0.4 is 4.90 Å². The zero-order chi connectivity index (χ0) is 20.2. The van der Waals surface area contributed by atoms with Gasteiger partial charge in [-0.15, -0.1) is 0 Å². The van der Waals surface area contributed by atoms with Crippen molar-refractivity contribution >= 4 is 27.8 Å². The second-order valence-electron chi connectivity index (χ2n) is 5.98. The first kappa shape index (κ1) is 20.9. The van der Waals surface area contributed by atoms with Crippen LogP contribution in [-0.2, 0) is 10.1 Å². The van der Waals surface area contributed by atoms with Gasteiger partial charge in [-0.2, -0.15) is 13.2 Å². The maximum atomic E-state index is 10.7. The van der Waals surface area contributed by atoms with E-state index in [1.807, 2.05) is 0 Å². The van der Waals surface area contributed by atoms with E-state index in [9.17, 15) is 13.2 Å². The second kappa shape index (κ2) is 8.10. The molecule has 2 aromatic rings. The molecular weight excluding hydrogens is 381 g/mol. The van der Waals surface area contributed by atoms with Crippen LogP contribution in [0.5, 0.6) is 0 Å². The molecule has 0 saturated carbocycles. The van der Waals surface area contributed by atoms with Crippen molar-refractivity contribution in [2.24, 2.45) is 0 Å². The molecule has 5 nitrogen and oxygen atoms in total. The summed E-state index contributed by atoms with van der Waals surface area (Å²) in [6.45, 7) is 6.41. The van der Waals surface area contributed by atoms with Gasteiger partial charge in [-0.25, -0.2) is 17.9 Å². The zero-order valence-corrected chi connectivity index (χ0v) is 15.6. The minimum atomic E-state index is -6.09. The van der Waals surface area contributed by atoms with E-state index in [0.29, 0.717) is 0 Å². The van der Waals surface area contributed by atoms with Crippen molar-refractivity contribution in [2.45, 2.75) is 19.4 Å². The van der Waals surface area contributed by atoms with Crippen molar-refractivity contribution < 1.29 is 30.7 Å². The highest BCUT2D eigenvalue weighted by atomic mass is 32.2. The Bertz CT molecular complexity index is 941. The van der Waals surface area contributed by atoms with Crippen LogP contribution in [0.4, 0.5) is 24.5 Å². The number of benzene rings is 2. The average Bonchev–Trinajstić information content (AvgIpc) is 3.04. The van der Waals surface area contributed by atoms with E-state index in [1.54, 1.807) is 0 Å². The van der Waals surface area contributed by atoms with Crippen molar-refractivity contribution in [1.82, 2.24) is 0 Å². The predicted molar refractivity (Wildman–Crippen MR) is 96.3 cm³/mol. The van der Waals surface area contributed by atoms with Gasteiger partial charge in [0.2, 0.25) is 6.34 Å². The third-order valence-corrected chi connectivity index (χ3v) is 4.56. The number of hydrogen-bond donors (Lipinski definition) is 0. The van der Waals surface area contributed by atoms with Gasteiger partial charge >= 0.3 is 5.51 Å². The Kier molecular flexibility index (Phi) is 6.27. The van der Waals surface area contributed by atoms with Gasteiger partial charge in [-0.3, -0.25) is 0 Å². The van der Waals surface area contributed by atoms with Crippen LogP contribution >= 0.6 is 0 Å². The fourth-order valence-electron chi connectivity index (χ4n) is 2.64. The largest absolute Gasteiger partial charge is 0.741 e. The predicted octanol–water partition coefficient (Wildman–Crippen LogP) is 3.55. The number of alkyl halides is 3. The number of rotatable bonds is 2. The quantitative estimate of drug-likeness (QED) is 0.439. The van der Waals surface area contributed by atoms with E-state index in [1.165, 1.54) is 22.5 Å². The third kappa shape index (κ3) is 5.30.